The van der Waals surface area contributed by atoms with Gasteiger partial charge in [0.2, 0.25) is 11.1 Å². The molecule has 1 aromatic rings. The molecule has 1 rings (SSSR count). The van der Waals surface area contributed by atoms with Crippen molar-refractivity contribution in [3.8, 4) is 0 Å². The SMILES string of the molecule is Cn1ncc(Cl)c1S(=O)O. The molecule has 1 heterocycles. The maximum atomic E-state index is 10.5. The van der Waals surface area contributed by atoms with Crippen LogP contribution in [0.3, 0.4) is 0 Å². The van der Waals surface area contributed by atoms with Crippen molar-refractivity contribution in [2.45, 2.75) is 5.03 Å². The predicted octanol–water partition coefficient (Wildman–Crippen LogP) is 0.654. The molecule has 0 amide bonds. The third kappa shape index (κ3) is 1.21. The minimum atomic E-state index is -2.05. The highest BCUT2D eigenvalue weighted by Crippen LogP contribution is 2.16. The molecule has 1 N–H and O–H groups in total. The summed E-state index contributed by atoms with van der Waals surface area (Å²) in [6.07, 6.45) is 1.32. The van der Waals surface area contributed by atoms with Crippen LogP contribution in [0, 0.1) is 0 Å². The van der Waals surface area contributed by atoms with Crippen molar-refractivity contribution in [3.05, 3.63) is 11.2 Å². The standard InChI is InChI=1S/C4H5ClN2O2S/c1-7-4(10(8)9)3(5)2-6-7/h2H,1H3,(H,8,9). The fourth-order valence-corrected chi connectivity index (χ4v) is 1.45. The molecule has 1 atom stereocenters. The summed E-state index contributed by atoms with van der Waals surface area (Å²) in [5.74, 6) is 0. The van der Waals surface area contributed by atoms with E-state index in [4.69, 9.17) is 16.2 Å². The first-order valence-electron chi connectivity index (χ1n) is 2.41. The van der Waals surface area contributed by atoms with Crippen molar-refractivity contribution in [1.82, 2.24) is 9.78 Å². The maximum Gasteiger partial charge on any atom is 0.206 e. The summed E-state index contributed by atoms with van der Waals surface area (Å²) < 4.78 is 20.3. The number of aryl methyl sites for hydroxylation is 1. The molecule has 10 heavy (non-hydrogen) atoms. The quantitative estimate of drug-likeness (QED) is 0.646. The monoisotopic (exact) mass is 180 g/mol. The molecule has 4 nitrogen and oxygen atoms in total. The van der Waals surface area contributed by atoms with Gasteiger partial charge in [-0.2, -0.15) is 5.10 Å². The van der Waals surface area contributed by atoms with Crippen LogP contribution in [0.2, 0.25) is 5.02 Å². The van der Waals surface area contributed by atoms with Crippen LogP contribution in [0.1, 0.15) is 0 Å². The van der Waals surface area contributed by atoms with Crippen LogP contribution in [-0.4, -0.2) is 18.5 Å². The lowest BCUT2D eigenvalue weighted by Gasteiger charge is -1.93. The first-order valence-corrected chi connectivity index (χ1v) is 3.89. The summed E-state index contributed by atoms with van der Waals surface area (Å²) in [4.78, 5) is 0. The zero-order chi connectivity index (χ0) is 7.72. The minimum absolute atomic E-state index is 0.127. The van der Waals surface area contributed by atoms with Crippen LogP contribution in [0.5, 0.6) is 0 Å². The second-order valence-corrected chi connectivity index (χ2v) is 2.96. The van der Waals surface area contributed by atoms with Crippen molar-refractivity contribution in [3.63, 3.8) is 0 Å². The van der Waals surface area contributed by atoms with Crippen LogP contribution < -0.4 is 0 Å². The van der Waals surface area contributed by atoms with Crippen molar-refractivity contribution >= 4 is 22.7 Å². The van der Waals surface area contributed by atoms with Crippen molar-refractivity contribution in [1.29, 1.82) is 0 Å². The van der Waals surface area contributed by atoms with Gasteiger partial charge in [-0.05, 0) is 0 Å². The zero-order valence-electron chi connectivity index (χ0n) is 5.11. The van der Waals surface area contributed by atoms with E-state index in [2.05, 4.69) is 5.10 Å². The van der Waals surface area contributed by atoms with E-state index in [1.807, 2.05) is 0 Å². The second-order valence-electron chi connectivity index (χ2n) is 1.67. The Labute approximate surface area is 65.1 Å². The molecule has 0 saturated heterocycles. The van der Waals surface area contributed by atoms with E-state index < -0.39 is 11.1 Å². The summed E-state index contributed by atoms with van der Waals surface area (Å²) in [5, 5.41) is 4.01. The van der Waals surface area contributed by atoms with Gasteiger partial charge in [0.05, 0.1) is 11.2 Å². The number of aromatic nitrogens is 2. The Morgan fingerprint density at radius 1 is 1.90 bits per heavy atom. The normalized spacial score (nSPS) is 13.5. The molecular weight excluding hydrogens is 176 g/mol. The zero-order valence-corrected chi connectivity index (χ0v) is 6.69. The van der Waals surface area contributed by atoms with Gasteiger partial charge in [-0.1, -0.05) is 11.6 Å². The Balaban J connectivity index is 3.23. The topological polar surface area (TPSA) is 55.1 Å². The van der Waals surface area contributed by atoms with E-state index in [1.54, 1.807) is 7.05 Å². The van der Waals surface area contributed by atoms with Crippen molar-refractivity contribution in [2.75, 3.05) is 0 Å². The molecule has 0 aromatic carbocycles. The highest BCUT2D eigenvalue weighted by Gasteiger charge is 2.10. The number of hydrogen-bond donors (Lipinski definition) is 1. The smallest absolute Gasteiger partial charge is 0.206 e. The van der Waals surface area contributed by atoms with Gasteiger partial charge >= 0.3 is 0 Å². The molecule has 56 valence electrons. The molecule has 0 aliphatic rings. The van der Waals surface area contributed by atoms with E-state index in [0.717, 1.165) is 0 Å². The van der Waals surface area contributed by atoms with Gasteiger partial charge < -0.3 is 4.55 Å². The van der Waals surface area contributed by atoms with Gasteiger partial charge in [-0.15, -0.1) is 0 Å². The number of nitrogens with zero attached hydrogens (tertiary/aromatic N) is 2. The number of rotatable bonds is 1. The molecule has 0 aliphatic heterocycles. The lowest BCUT2D eigenvalue weighted by atomic mass is 10.7. The molecule has 0 radical (unpaired) electrons. The maximum absolute atomic E-state index is 10.5. The van der Waals surface area contributed by atoms with Crippen molar-refractivity contribution < 1.29 is 8.76 Å². The van der Waals surface area contributed by atoms with Gasteiger partial charge in [0.1, 0.15) is 0 Å². The van der Waals surface area contributed by atoms with Crippen LogP contribution >= 0.6 is 11.6 Å². The first-order chi connectivity index (χ1) is 4.63. The molecular formula is C4H5ClN2O2S. The number of halogens is 1. The molecule has 0 saturated carbocycles. The van der Waals surface area contributed by atoms with Crippen molar-refractivity contribution in [2.24, 2.45) is 7.05 Å². The summed E-state index contributed by atoms with van der Waals surface area (Å²) >= 11 is 3.45. The average Bonchev–Trinajstić information content (AvgIpc) is 2.11. The lowest BCUT2D eigenvalue weighted by Crippen LogP contribution is -1.99. The summed E-state index contributed by atoms with van der Waals surface area (Å²) in [7, 11) is 1.55. The molecule has 0 spiro atoms. The summed E-state index contributed by atoms with van der Waals surface area (Å²) in [5.41, 5.74) is 0. The van der Waals surface area contributed by atoms with Crippen LogP contribution in [0.15, 0.2) is 11.2 Å². The van der Waals surface area contributed by atoms with Crippen LogP contribution in [-0.2, 0) is 18.1 Å². The highest BCUT2D eigenvalue weighted by molar-refractivity contribution is 7.79. The largest absolute Gasteiger partial charge is 0.301 e. The summed E-state index contributed by atoms with van der Waals surface area (Å²) in [6, 6.07) is 0. The number of hydrogen-bond acceptors (Lipinski definition) is 2. The van der Waals surface area contributed by atoms with Gasteiger partial charge in [0.15, 0.2) is 5.03 Å². The van der Waals surface area contributed by atoms with E-state index in [0.29, 0.717) is 0 Å². The predicted molar refractivity (Wildman–Crippen MR) is 37.3 cm³/mol. The minimum Gasteiger partial charge on any atom is -0.301 e. The first kappa shape index (κ1) is 7.71. The molecule has 6 heteroatoms. The third-order valence-electron chi connectivity index (χ3n) is 1.01. The Bertz CT molecular complexity index is 253. The van der Waals surface area contributed by atoms with E-state index >= 15 is 0 Å². The Kier molecular flexibility index (Phi) is 2.08. The van der Waals surface area contributed by atoms with Gasteiger partial charge in [-0.3, -0.25) is 4.68 Å². The molecule has 1 unspecified atom stereocenters. The molecule has 1 aromatic heterocycles. The highest BCUT2D eigenvalue weighted by atomic mass is 35.5. The van der Waals surface area contributed by atoms with Gasteiger partial charge in [0, 0.05) is 7.05 Å². The van der Waals surface area contributed by atoms with E-state index in [1.165, 1.54) is 10.9 Å². The lowest BCUT2D eigenvalue weighted by molar-refractivity contribution is 0.547. The van der Waals surface area contributed by atoms with Crippen LogP contribution in [0.25, 0.3) is 0 Å². The third-order valence-corrected chi connectivity index (χ3v) is 2.21. The Hall–Kier alpha value is -0.390. The molecule has 0 fully saturated rings. The fraction of sp³-hybridized carbons (Fsp3) is 0.250. The fourth-order valence-electron chi connectivity index (χ4n) is 0.596. The van der Waals surface area contributed by atoms with Gasteiger partial charge in [-0.25, -0.2) is 4.21 Å². The molecule has 0 bridgehead atoms. The van der Waals surface area contributed by atoms with Gasteiger partial charge in [0.25, 0.3) is 0 Å². The van der Waals surface area contributed by atoms with E-state index in [-0.39, 0.29) is 10.0 Å². The second kappa shape index (κ2) is 2.69. The average molecular weight is 181 g/mol. The van der Waals surface area contributed by atoms with Crippen LogP contribution in [0.4, 0.5) is 0 Å². The Morgan fingerprint density at radius 2 is 2.50 bits per heavy atom. The van der Waals surface area contributed by atoms with E-state index in [9.17, 15) is 4.21 Å². The molecule has 0 aliphatic carbocycles. The Morgan fingerprint density at radius 3 is 2.70 bits per heavy atom. The summed E-state index contributed by atoms with van der Waals surface area (Å²) in [6.45, 7) is 0.